The highest BCUT2D eigenvalue weighted by molar-refractivity contribution is 6.04. The van der Waals surface area contributed by atoms with E-state index in [2.05, 4.69) is 4.90 Å². The fourth-order valence-electron chi connectivity index (χ4n) is 2.36. The molecule has 0 bridgehead atoms. The molecule has 5 nitrogen and oxygen atoms in total. The summed E-state index contributed by atoms with van der Waals surface area (Å²) in [5.41, 5.74) is 8.78. The molecule has 0 spiro atoms. The second-order valence-electron chi connectivity index (χ2n) is 4.89. The average molecular weight is 263 g/mol. The minimum absolute atomic E-state index is 0.0470. The molecule has 0 aromatic heterocycles. The van der Waals surface area contributed by atoms with Gasteiger partial charge in [-0.15, -0.1) is 0 Å². The lowest BCUT2D eigenvalue weighted by molar-refractivity contribution is -0.118. The molecule has 1 aliphatic heterocycles. The number of nitrogens with zero attached hydrogens (tertiary/aromatic N) is 2. The van der Waals surface area contributed by atoms with Crippen LogP contribution in [0.3, 0.4) is 0 Å². The van der Waals surface area contributed by atoms with Gasteiger partial charge in [0.2, 0.25) is 5.91 Å². The Balaban J connectivity index is 2.16. The van der Waals surface area contributed by atoms with Gasteiger partial charge in [0.15, 0.2) is 0 Å². The zero-order valence-electron chi connectivity index (χ0n) is 11.7. The number of carbonyl (C=O) groups is 1. The third kappa shape index (κ3) is 2.57. The van der Waals surface area contributed by atoms with Crippen LogP contribution >= 0.6 is 0 Å². The van der Waals surface area contributed by atoms with Crippen LogP contribution in [0.1, 0.15) is 18.0 Å². The smallest absolute Gasteiger partial charge is 0.248 e. The maximum atomic E-state index is 11.8. The van der Waals surface area contributed by atoms with Gasteiger partial charge in [0.25, 0.3) is 0 Å². The van der Waals surface area contributed by atoms with Crippen LogP contribution in [0.4, 0.5) is 11.4 Å². The van der Waals surface area contributed by atoms with Crippen LogP contribution in [0.5, 0.6) is 0 Å². The molecule has 1 aliphatic rings. The predicted octanol–water partition coefficient (Wildman–Crippen LogP) is 1.14. The number of hydrogen-bond donors (Lipinski definition) is 1. The number of hydrogen-bond acceptors (Lipinski definition) is 4. The van der Waals surface area contributed by atoms with E-state index in [0.29, 0.717) is 0 Å². The maximum Gasteiger partial charge on any atom is 0.248 e. The summed E-state index contributed by atoms with van der Waals surface area (Å²) in [6.07, 6.45) is 0.971. The highest BCUT2D eigenvalue weighted by atomic mass is 16.5. The molecule has 0 saturated carbocycles. The Morgan fingerprint density at radius 2 is 2.21 bits per heavy atom. The summed E-state index contributed by atoms with van der Waals surface area (Å²) in [5.74, 6) is -0.0470. The standard InChI is InChI=1S/C14H21N3O2/c1-16(7-4-8-19-3)10-5-6-11-12(9-10)17(2)14(18)13(11)15/h5-6,9,13H,4,7-8,15H2,1-3H3. The van der Waals surface area contributed by atoms with Gasteiger partial charge in [0, 0.05) is 45.6 Å². The second-order valence-corrected chi connectivity index (χ2v) is 4.89. The third-order valence-corrected chi connectivity index (χ3v) is 3.59. The molecule has 1 amide bonds. The van der Waals surface area contributed by atoms with Gasteiger partial charge in [-0.05, 0) is 18.6 Å². The summed E-state index contributed by atoms with van der Waals surface area (Å²) in [6.45, 7) is 1.66. The molecular formula is C14H21N3O2. The molecule has 104 valence electrons. The van der Waals surface area contributed by atoms with Crippen molar-refractivity contribution in [1.82, 2.24) is 0 Å². The number of methoxy groups -OCH3 is 1. The van der Waals surface area contributed by atoms with Crippen molar-refractivity contribution in [3.8, 4) is 0 Å². The maximum absolute atomic E-state index is 11.8. The van der Waals surface area contributed by atoms with E-state index < -0.39 is 6.04 Å². The molecule has 1 atom stereocenters. The molecule has 1 aromatic carbocycles. The van der Waals surface area contributed by atoms with Gasteiger partial charge >= 0.3 is 0 Å². The number of fused-ring (bicyclic) bond motifs is 1. The van der Waals surface area contributed by atoms with E-state index in [1.165, 1.54) is 0 Å². The van der Waals surface area contributed by atoms with Crippen LogP contribution in [-0.2, 0) is 9.53 Å². The number of nitrogens with two attached hydrogens (primary N) is 1. The topological polar surface area (TPSA) is 58.8 Å². The Labute approximate surface area is 113 Å². The molecule has 2 rings (SSSR count). The number of benzene rings is 1. The van der Waals surface area contributed by atoms with Crippen LogP contribution < -0.4 is 15.5 Å². The van der Waals surface area contributed by atoms with Crippen molar-refractivity contribution in [3.05, 3.63) is 23.8 Å². The van der Waals surface area contributed by atoms with Gasteiger partial charge in [-0.3, -0.25) is 4.79 Å². The third-order valence-electron chi connectivity index (χ3n) is 3.59. The van der Waals surface area contributed by atoms with Crippen LogP contribution in [0.15, 0.2) is 18.2 Å². The second kappa shape index (κ2) is 5.59. The van der Waals surface area contributed by atoms with Crippen molar-refractivity contribution in [3.63, 3.8) is 0 Å². The zero-order chi connectivity index (χ0) is 14.0. The van der Waals surface area contributed by atoms with Gasteiger partial charge in [0.05, 0.1) is 5.69 Å². The first kappa shape index (κ1) is 13.8. The van der Waals surface area contributed by atoms with Crippen LogP contribution in [0.2, 0.25) is 0 Å². The number of rotatable bonds is 5. The molecule has 2 N–H and O–H groups in total. The molecule has 0 radical (unpaired) electrons. The van der Waals surface area contributed by atoms with E-state index in [4.69, 9.17) is 10.5 Å². The minimum Gasteiger partial charge on any atom is -0.385 e. The average Bonchev–Trinajstić information content (AvgIpc) is 2.64. The normalized spacial score (nSPS) is 17.8. The fourth-order valence-corrected chi connectivity index (χ4v) is 2.36. The summed E-state index contributed by atoms with van der Waals surface area (Å²) in [6, 6.07) is 5.46. The van der Waals surface area contributed by atoms with Gasteiger partial charge in [-0.25, -0.2) is 0 Å². The summed E-state index contributed by atoms with van der Waals surface area (Å²) < 4.78 is 5.05. The SMILES string of the molecule is COCCCN(C)c1ccc2c(c1)N(C)C(=O)C2N. The van der Waals surface area contributed by atoms with Crippen molar-refractivity contribution < 1.29 is 9.53 Å². The first-order chi connectivity index (χ1) is 9.06. The lowest BCUT2D eigenvalue weighted by Gasteiger charge is -2.21. The molecule has 0 saturated heterocycles. The van der Waals surface area contributed by atoms with Gasteiger partial charge in [0.1, 0.15) is 6.04 Å². The number of ether oxygens (including phenoxy) is 1. The lowest BCUT2D eigenvalue weighted by Crippen LogP contribution is -2.27. The molecule has 0 fully saturated rings. The van der Waals surface area contributed by atoms with Gasteiger partial charge in [-0.2, -0.15) is 0 Å². The number of anilines is 2. The molecule has 1 heterocycles. The number of carbonyl (C=O) groups excluding carboxylic acids is 1. The summed E-state index contributed by atoms with van der Waals surface area (Å²) in [4.78, 5) is 15.6. The predicted molar refractivity (Wildman–Crippen MR) is 76.5 cm³/mol. The molecule has 1 unspecified atom stereocenters. The minimum atomic E-state index is -0.521. The lowest BCUT2D eigenvalue weighted by atomic mass is 10.1. The van der Waals surface area contributed by atoms with Crippen molar-refractivity contribution in [1.29, 1.82) is 0 Å². The largest absolute Gasteiger partial charge is 0.385 e. The Morgan fingerprint density at radius 3 is 2.89 bits per heavy atom. The van der Waals surface area contributed by atoms with E-state index in [-0.39, 0.29) is 5.91 Å². The monoisotopic (exact) mass is 263 g/mol. The highest BCUT2D eigenvalue weighted by Gasteiger charge is 2.32. The van der Waals surface area contributed by atoms with Crippen LogP contribution in [0, 0.1) is 0 Å². The summed E-state index contributed by atoms with van der Waals surface area (Å²) in [7, 11) is 5.51. The van der Waals surface area contributed by atoms with E-state index in [1.807, 2.05) is 25.2 Å². The summed E-state index contributed by atoms with van der Waals surface area (Å²) in [5, 5.41) is 0. The van der Waals surface area contributed by atoms with Crippen molar-refractivity contribution >= 4 is 17.3 Å². The first-order valence-corrected chi connectivity index (χ1v) is 6.43. The Hall–Kier alpha value is -1.59. The molecule has 5 heteroatoms. The number of amides is 1. The zero-order valence-corrected chi connectivity index (χ0v) is 11.7. The molecule has 0 aliphatic carbocycles. The van der Waals surface area contributed by atoms with Gasteiger partial charge < -0.3 is 20.3 Å². The first-order valence-electron chi connectivity index (χ1n) is 6.43. The van der Waals surface area contributed by atoms with Crippen LogP contribution in [0.25, 0.3) is 0 Å². The molecule has 19 heavy (non-hydrogen) atoms. The molecular weight excluding hydrogens is 242 g/mol. The highest BCUT2D eigenvalue weighted by Crippen LogP contribution is 2.36. The summed E-state index contributed by atoms with van der Waals surface area (Å²) >= 11 is 0. The van der Waals surface area contributed by atoms with Crippen LogP contribution in [-0.4, -0.2) is 40.3 Å². The van der Waals surface area contributed by atoms with Crippen molar-refractivity contribution in [2.75, 3.05) is 44.2 Å². The van der Waals surface area contributed by atoms with Crippen molar-refractivity contribution in [2.24, 2.45) is 5.73 Å². The van der Waals surface area contributed by atoms with E-state index >= 15 is 0 Å². The Morgan fingerprint density at radius 1 is 1.47 bits per heavy atom. The quantitative estimate of drug-likeness (QED) is 0.809. The molecule has 1 aromatic rings. The van der Waals surface area contributed by atoms with Gasteiger partial charge in [-0.1, -0.05) is 6.07 Å². The van der Waals surface area contributed by atoms with Crippen molar-refractivity contribution in [2.45, 2.75) is 12.5 Å². The Kier molecular flexibility index (Phi) is 4.07. The van der Waals surface area contributed by atoms with E-state index in [9.17, 15) is 4.79 Å². The Bertz CT molecular complexity index is 476. The van der Waals surface area contributed by atoms with E-state index in [0.717, 1.165) is 36.5 Å². The number of likely N-dealkylation sites (N-methyl/N-ethyl adjacent to an activating group) is 1. The fraction of sp³-hybridized carbons (Fsp3) is 0.500. The van der Waals surface area contributed by atoms with E-state index in [1.54, 1.807) is 19.1 Å².